The lowest BCUT2D eigenvalue weighted by Crippen LogP contribution is -1.96. The number of anilines is 3. The molecule has 0 aliphatic rings. The number of aryl methyl sites for hydroxylation is 1. The quantitative estimate of drug-likeness (QED) is 0.855. The third-order valence-electron chi connectivity index (χ3n) is 2.79. The number of hydrogen-bond donors (Lipinski definition) is 2. The van der Waals surface area contributed by atoms with Crippen molar-refractivity contribution < 1.29 is 4.74 Å². The van der Waals surface area contributed by atoms with Gasteiger partial charge in [-0.25, -0.2) is 0 Å². The second-order valence-corrected chi connectivity index (χ2v) is 4.16. The highest BCUT2D eigenvalue weighted by Gasteiger charge is 2.03. The highest BCUT2D eigenvalue weighted by Crippen LogP contribution is 2.29. The molecule has 0 radical (unpaired) electrons. The van der Waals surface area contributed by atoms with Crippen molar-refractivity contribution in [1.29, 1.82) is 0 Å². The van der Waals surface area contributed by atoms with Gasteiger partial charge in [-0.3, -0.25) is 0 Å². The van der Waals surface area contributed by atoms with Crippen molar-refractivity contribution in [2.45, 2.75) is 6.92 Å². The maximum absolute atomic E-state index is 5.35. The average Bonchev–Trinajstić information content (AvgIpc) is 2.39. The molecule has 2 N–H and O–H groups in total. The molecule has 0 amide bonds. The first-order chi connectivity index (χ1) is 8.72. The molecule has 2 rings (SSSR count). The van der Waals surface area contributed by atoms with Crippen molar-refractivity contribution in [2.24, 2.45) is 0 Å². The zero-order valence-electron chi connectivity index (χ0n) is 10.9. The summed E-state index contributed by atoms with van der Waals surface area (Å²) < 4.78 is 5.35. The first-order valence-electron chi connectivity index (χ1n) is 5.92. The highest BCUT2D eigenvalue weighted by molar-refractivity contribution is 5.69. The molecule has 2 aromatic carbocycles. The zero-order chi connectivity index (χ0) is 13.0. The van der Waals surface area contributed by atoms with Gasteiger partial charge in [0.05, 0.1) is 12.8 Å². The minimum Gasteiger partial charge on any atom is -0.495 e. The predicted octanol–water partition coefficient (Wildman–Crippen LogP) is 3.79. The average molecular weight is 242 g/mol. The Balaban J connectivity index is 2.29. The third kappa shape index (κ3) is 2.74. The Morgan fingerprint density at radius 1 is 1.00 bits per heavy atom. The molecule has 0 aliphatic carbocycles. The van der Waals surface area contributed by atoms with Gasteiger partial charge in [0.1, 0.15) is 5.75 Å². The lowest BCUT2D eigenvalue weighted by Gasteiger charge is -2.12. The van der Waals surface area contributed by atoms with Gasteiger partial charge in [0.15, 0.2) is 0 Å². The first kappa shape index (κ1) is 12.3. The summed E-state index contributed by atoms with van der Waals surface area (Å²) in [5.41, 5.74) is 4.28. The molecule has 0 aromatic heterocycles. The van der Waals surface area contributed by atoms with Crippen molar-refractivity contribution in [2.75, 3.05) is 24.8 Å². The van der Waals surface area contributed by atoms with Gasteiger partial charge in [0, 0.05) is 18.4 Å². The van der Waals surface area contributed by atoms with Gasteiger partial charge in [0.25, 0.3) is 0 Å². The van der Waals surface area contributed by atoms with Crippen molar-refractivity contribution in [3.8, 4) is 5.75 Å². The molecule has 94 valence electrons. The number of benzene rings is 2. The van der Waals surface area contributed by atoms with Gasteiger partial charge >= 0.3 is 0 Å². The molecule has 0 fully saturated rings. The fraction of sp³-hybridized carbons (Fsp3) is 0.200. The minimum atomic E-state index is 0.843. The van der Waals surface area contributed by atoms with Gasteiger partial charge in [-0.1, -0.05) is 12.1 Å². The van der Waals surface area contributed by atoms with Gasteiger partial charge in [-0.2, -0.15) is 0 Å². The fourth-order valence-electron chi connectivity index (χ4n) is 1.83. The largest absolute Gasteiger partial charge is 0.495 e. The van der Waals surface area contributed by atoms with Crippen LogP contribution in [0.1, 0.15) is 5.56 Å². The lowest BCUT2D eigenvalue weighted by molar-refractivity contribution is 0.416. The molecule has 0 saturated heterocycles. The molecule has 0 spiro atoms. The van der Waals surface area contributed by atoms with Crippen LogP contribution >= 0.6 is 0 Å². The van der Waals surface area contributed by atoms with Crippen molar-refractivity contribution in [3.05, 3.63) is 48.0 Å². The van der Waals surface area contributed by atoms with E-state index < -0.39 is 0 Å². The number of methoxy groups -OCH3 is 1. The van der Waals surface area contributed by atoms with Crippen LogP contribution in [0.5, 0.6) is 5.75 Å². The van der Waals surface area contributed by atoms with Crippen molar-refractivity contribution in [3.63, 3.8) is 0 Å². The van der Waals surface area contributed by atoms with Crippen molar-refractivity contribution >= 4 is 17.1 Å². The van der Waals surface area contributed by atoms with Crippen LogP contribution in [0.4, 0.5) is 17.1 Å². The van der Waals surface area contributed by atoms with Crippen LogP contribution in [0, 0.1) is 6.92 Å². The standard InChI is InChI=1S/C15H18N2O/c1-11-7-8-15(18-3)14(9-11)17-13-6-4-5-12(10-13)16-2/h4-10,16-17H,1-3H3. The Morgan fingerprint density at radius 2 is 1.78 bits per heavy atom. The minimum absolute atomic E-state index is 0.843. The third-order valence-corrected chi connectivity index (χ3v) is 2.79. The highest BCUT2D eigenvalue weighted by atomic mass is 16.5. The molecular weight excluding hydrogens is 224 g/mol. The number of ether oxygens (including phenoxy) is 1. The van der Waals surface area contributed by atoms with Crippen LogP contribution in [0.2, 0.25) is 0 Å². The van der Waals surface area contributed by atoms with Crippen LogP contribution in [0.3, 0.4) is 0 Å². The van der Waals surface area contributed by atoms with E-state index in [0.717, 1.165) is 22.8 Å². The molecule has 3 nitrogen and oxygen atoms in total. The molecule has 2 aromatic rings. The predicted molar refractivity (Wildman–Crippen MR) is 77.0 cm³/mol. The molecular formula is C15H18N2O. The summed E-state index contributed by atoms with van der Waals surface area (Å²) in [6.45, 7) is 2.06. The van der Waals surface area contributed by atoms with Gasteiger partial charge in [-0.15, -0.1) is 0 Å². The number of nitrogens with one attached hydrogen (secondary N) is 2. The molecule has 18 heavy (non-hydrogen) atoms. The molecule has 0 saturated carbocycles. The van der Waals surface area contributed by atoms with E-state index in [0.29, 0.717) is 0 Å². The van der Waals surface area contributed by atoms with Crippen molar-refractivity contribution in [1.82, 2.24) is 0 Å². The first-order valence-corrected chi connectivity index (χ1v) is 5.92. The summed E-state index contributed by atoms with van der Waals surface area (Å²) in [7, 11) is 3.59. The summed E-state index contributed by atoms with van der Waals surface area (Å²) in [5, 5.41) is 6.50. The van der Waals surface area contributed by atoms with Gasteiger partial charge in [0.2, 0.25) is 0 Å². The normalized spacial score (nSPS) is 9.94. The fourth-order valence-corrected chi connectivity index (χ4v) is 1.83. The van der Waals surface area contributed by atoms with Crippen LogP contribution < -0.4 is 15.4 Å². The van der Waals surface area contributed by atoms with E-state index in [9.17, 15) is 0 Å². The maximum atomic E-state index is 5.35. The Kier molecular flexibility index (Phi) is 3.72. The summed E-state index contributed by atoms with van der Waals surface area (Å²) in [4.78, 5) is 0. The molecule has 0 unspecified atom stereocenters. The molecule has 3 heteroatoms. The van der Waals surface area contributed by atoms with E-state index >= 15 is 0 Å². The zero-order valence-corrected chi connectivity index (χ0v) is 10.9. The van der Waals surface area contributed by atoms with Crippen LogP contribution in [0.15, 0.2) is 42.5 Å². The smallest absolute Gasteiger partial charge is 0.142 e. The SMILES string of the molecule is CNc1cccc(Nc2cc(C)ccc2OC)c1. The Hall–Kier alpha value is -2.16. The van der Waals surface area contributed by atoms with E-state index in [1.54, 1.807) is 7.11 Å². The molecule has 0 atom stereocenters. The van der Waals surface area contributed by atoms with Crippen LogP contribution in [-0.2, 0) is 0 Å². The summed E-state index contributed by atoms with van der Waals surface area (Å²) in [6.07, 6.45) is 0. The Labute approximate surface area is 108 Å². The van der Waals surface area contributed by atoms with Gasteiger partial charge < -0.3 is 15.4 Å². The second-order valence-electron chi connectivity index (χ2n) is 4.16. The molecule has 0 aliphatic heterocycles. The molecule has 0 bridgehead atoms. The van der Waals surface area contributed by atoms with E-state index in [2.05, 4.69) is 29.7 Å². The number of rotatable bonds is 4. The van der Waals surface area contributed by atoms with Gasteiger partial charge in [-0.05, 0) is 42.8 Å². The van der Waals surface area contributed by atoms with E-state index in [1.807, 2.05) is 37.4 Å². The lowest BCUT2D eigenvalue weighted by atomic mass is 10.2. The topological polar surface area (TPSA) is 33.3 Å². The summed E-state index contributed by atoms with van der Waals surface area (Å²) in [5.74, 6) is 0.843. The number of hydrogen-bond acceptors (Lipinski definition) is 3. The molecule has 0 heterocycles. The second kappa shape index (κ2) is 5.45. The monoisotopic (exact) mass is 242 g/mol. The van der Waals surface area contributed by atoms with E-state index in [1.165, 1.54) is 5.56 Å². The van der Waals surface area contributed by atoms with E-state index in [-0.39, 0.29) is 0 Å². The van der Waals surface area contributed by atoms with E-state index in [4.69, 9.17) is 4.74 Å². The Morgan fingerprint density at radius 3 is 2.50 bits per heavy atom. The Bertz CT molecular complexity index is 538. The van der Waals surface area contributed by atoms with Crippen LogP contribution in [0.25, 0.3) is 0 Å². The maximum Gasteiger partial charge on any atom is 0.142 e. The summed E-state index contributed by atoms with van der Waals surface area (Å²) >= 11 is 0. The summed E-state index contributed by atoms with van der Waals surface area (Å²) in [6, 6.07) is 14.2. The van der Waals surface area contributed by atoms with Crippen LogP contribution in [-0.4, -0.2) is 14.2 Å².